The van der Waals surface area contributed by atoms with E-state index in [1.54, 1.807) is 6.92 Å². The molecule has 0 fully saturated rings. The number of benzene rings is 1. The minimum absolute atomic E-state index is 0.0388. The zero-order chi connectivity index (χ0) is 14.6. The fraction of sp³-hybridized carbons (Fsp3) is 0.500. The van der Waals surface area contributed by atoms with Crippen LogP contribution in [-0.4, -0.2) is 24.1 Å². The normalized spacial score (nSPS) is 13.7. The zero-order valence-electron chi connectivity index (χ0n) is 10.0. The molecule has 1 aromatic carbocycles. The summed E-state index contributed by atoms with van der Waals surface area (Å²) in [4.78, 5) is 0. The Morgan fingerprint density at radius 3 is 2.42 bits per heavy atom. The number of ether oxygens (including phenoxy) is 1. The fourth-order valence-corrected chi connectivity index (χ4v) is 1.49. The molecular formula is C12H13F5O2. The van der Waals surface area contributed by atoms with E-state index in [9.17, 15) is 27.1 Å². The van der Waals surface area contributed by atoms with Crippen molar-refractivity contribution >= 4 is 0 Å². The van der Waals surface area contributed by atoms with Crippen LogP contribution < -0.4 is 4.74 Å². The molecule has 0 saturated heterocycles. The van der Waals surface area contributed by atoms with Gasteiger partial charge in [0.1, 0.15) is 11.6 Å². The number of halogens is 5. The van der Waals surface area contributed by atoms with Gasteiger partial charge in [0.25, 0.3) is 0 Å². The summed E-state index contributed by atoms with van der Waals surface area (Å²) in [7, 11) is 0. The molecule has 1 atom stereocenters. The van der Waals surface area contributed by atoms with E-state index in [0.29, 0.717) is 0 Å². The second-order valence-corrected chi connectivity index (χ2v) is 3.93. The van der Waals surface area contributed by atoms with Crippen molar-refractivity contribution in [2.45, 2.75) is 31.8 Å². The predicted octanol–water partition coefficient (Wildman–Crippen LogP) is 3.55. The Kier molecular flexibility index (Phi) is 5.11. The van der Waals surface area contributed by atoms with Gasteiger partial charge in [0, 0.05) is 12.5 Å². The van der Waals surface area contributed by atoms with Crippen molar-refractivity contribution < 1.29 is 31.8 Å². The molecule has 0 aliphatic carbocycles. The lowest BCUT2D eigenvalue weighted by molar-refractivity contribution is -0.149. The Morgan fingerprint density at radius 1 is 1.26 bits per heavy atom. The maximum absolute atomic E-state index is 13.2. The van der Waals surface area contributed by atoms with Gasteiger partial charge in [-0.05, 0) is 24.6 Å². The summed E-state index contributed by atoms with van der Waals surface area (Å²) in [6.45, 7) is 1.85. The lowest BCUT2D eigenvalue weighted by atomic mass is 10.0. The van der Waals surface area contributed by atoms with Crippen LogP contribution in [0.25, 0.3) is 0 Å². The molecule has 7 heteroatoms. The van der Waals surface area contributed by atoms with Crippen LogP contribution in [0.4, 0.5) is 22.0 Å². The molecule has 0 aliphatic heterocycles. The van der Waals surface area contributed by atoms with Crippen molar-refractivity contribution in [3.63, 3.8) is 0 Å². The largest absolute Gasteiger partial charge is 0.494 e. The van der Waals surface area contributed by atoms with Gasteiger partial charge in [-0.25, -0.2) is 22.0 Å². The minimum Gasteiger partial charge on any atom is -0.494 e. The number of hydrogen-bond acceptors (Lipinski definition) is 2. The zero-order valence-corrected chi connectivity index (χ0v) is 10.0. The van der Waals surface area contributed by atoms with Crippen LogP contribution in [0.3, 0.4) is 0 Å². The number of aliphatic hydroxyl groups is 1. The van der Waals surface area contributed by atoms with E-state index in [-0.39, 0.29) is 17.9 Å². The van der Waals surface area contributed by atoms with E-state index in [0.717, 1.165) is 18.2 Å². The van der Waals surface area contributed by atoms with Gasteiger partial charge in [-0.2, -0.15) is 0 Å². The highest BCUT2D eigenvalue weighted by Crippen LogP contribution is 2.34. The highest BCUT2D eigenvalue weighted by atomic mass is 19.3. The monoisotopic (exact) mass is 284 g/mol. The molecule has 0 aromatic heterocycles. The quantitative estimate of drug-likeness (QED) is 0.809. The van der Waals surface area contributed by atoms with Crippen molar-refractivity contribution in [3.8, 4) is 5.75 Å². The van der Waals surface area contributed by atoms with E-state index in [4.69, 9.17) is 4.74 Å². The summed E-state index contributed by atoms with van der Waals surface area (Å²) in [5.41, 5.74) is -0.233. The molecule has 0 aliphatic rings. The highest BCUT2D eigenvalue weighted by molar-refractivity contribution is 5.31. The van der Waals surface area contributed by atoms with Gasteiger partial charge in [-0.1, -0.05) is 0 Å². The maximum atomic E-state index is 13.2. The van der Waals surface area contributed by atoms with Crippen molar-refractivity contribution in [3.05, 3.63) is 29.6 Å². The Bertz CT molecular complexity index is 423. The summed E-state index contributed by atoms with van der Waals surface area (Å²) >= 11 is 0. The molecule has 0 saturated carbocycles. The summed E-state index contributed by atoms with van der Waals surface area (Å²) in [6, 6.07) is 2.94. The molecule has 0 heterocycles. The first kappa shape index (κ1) is 15.7. The molecule has 2 nitrogen and oxygen atoms in total. The van der Waals surface area contributed by atoms with Gasteiger partial charge < -0.3 is 9.84 Å². The number of alkyl halides is 4. The smallest absolute Gasteiger partial charge is 0.310 e. The lowest BCUT2D eigenvalue weighted by Crippen LogP contribution is -2.28. The standard InChI is InChI=1S/C12H13F5O2/c1-2-19-9-4-7(3-8(13)5-9)10(18)6-12(16,17)11(14)15/h3-5,10-11,18H,2,6H2,1H3. The Hall–Kier alpha value is -1.37. The molecule has 0 radical (unpaired) electrons. The van der Waals surface area contributed by atoms with Crippen molar-refractivity contribution in [2.24, 2.45) is 0 Å². The third-order valence-electron chi connectivity index (χ3n) is 2.37. The number of hydrogen-bond donors (Lipinski definition) is 1. The van der Waals surface area contributed by atoms with Gasteiger partial charge in [0.2, 0.25) is 0 Å². The summed E-state index contributed by atoms with van der Waals surface area (Å²) < 4.78 is 67.8. The van der Waals surface area contributed by atoms with Crippen LogP contribution in [0.2, 0.25) is 0 Å². The van der Waals surface area contributed by atoms with Gasteiger partial charge in [-0.15, -0.1) is 0 Å². The molecule has 1 N–H and O–H groups in total. The molecule has 0 amide bonds. The lowest BCUT2D eigenvalue weighted by Gasteiger charge is -2.19. The van der Waals surface area contributed by atoms with Crippen LogP contribution in [0, 0.1) is 5.82 Å². The molecule has 1 rings (SSSR count). The number of aliphatic hydroxyl groups excluding tert-OH is 1. The van der Waals surface area contributed by atoms with E-state index < -0.39 is 30.7 Å². The van der Waals surface area contributed by atoms with Gasteiger partial charge in [0.05, 0.1) is 12.7 Å². The van der Waals surface area contributed by atoms with Crippen molar-refractivity contribution in [2.75, 3.05) is 6.61 Å². The second-order valence-electron chi connectivity index (χ2n) is 3.93. The van der Waals surface area contributed by atoms with Crippen LogP contribution in [-0.2, 0) is 0 Å². The molecule has 0 bridgehead atoms. The third kappa shape index (κ3) is 4.34. The first-order chi connectivity index (χ1) is 8.76. The average Bonchev–Trinajstić information content (AvgIpc) is 2.27. The number of rotatable bonds is 6. The topological polar surface area (TPSA) is 29.5 Å². The highest BCUT2D eigenvalue weighted by Gasteiger charge is 2.42. The first-order valence-corrected chi connectivity index (χ1v) is 5.53. The average molecular weight is 284 g/mol. The molecule has 1 aromatic rings. The van der Waals surface area contributed by atoms with E-state index in [1.807, 2.05) is 0 Å². The van der Waals surface area contributed by atoms with Crippen LogP contribution in [0.1, 0.15) is 25.0 Å². The molecule has 108 valence electrons. The minimum atomic E-state index is -4.34. The van der Waals surface area contributed by atoms with Gasteiger partial charge >= 0.3 is 12.3 Å². The molecule has 0 spiro atoms. The molecule has 19 heavy (non-hydrogen) atoms. The van der Waals surface area contributed by atoms with Crippen LogP contribution >= 0.6 is 0 Å². The van der Waals surface area contributed by atoms with Gasteiger partial charge in [-0.3, -0.25) is 0 Å². The summed E-state index contributed by atoms with van der Waals surface area (Å²) in [5, 5.41) is 9.49. The van der Waals surface area contributed by atoms with E-state index in [2.05, 4.69) is 0 Å². The van der Waals surface area contributed by atoms with E-state index in [1.165, 1.54) is 0 Å². The fourth-order valence-electron chi connectivity index (χ4n) is 1.49. The predicted molar refractivity (Wildman–Crippen MR) is 58.1 cm³/mol. The van der Waals surface area contributed by atoms with Gasteiger partial charge in [0.15, 0.2) is 0 Å². The Labute approximate surface area is 106 Å². The van der Waals surface area contributed by atoms with Crippen LogP contribution in [0.5, 0.6) is 5.75 Å². The third-order valence-corrected chi connectivity index (χ3v) is 2.37. The van der Waals surface area contributed by atoms with Crippen molar-refractivity contribution in [1.29, 1.82) is 0 Å². The molecular weight excluding hydrogens is 271 g/mol. The second kappa shape index (κ2) is 6.18. The van der Waals surface area contributed by atoms with Crippen LogP contribution in [0.15, 0.2) is 18.2 Å². The maximum Gasteiger partial charge on any atom is 0.310 e. The first-order valence-electron chi connectivity index (χ1n) is 5.53. The Balaban J connectivity index is 2.90. The summed E-state index contributed by atoms with van der Waals surface area (Å²) in [5.74, 6) is -5.10. The molecule has 1 unspecified atom stereocenters. The SMILES string of the molecule is CCOc1cc(F)cc(C(O)CC(F)(F)C(F)F)c1. The Morgan fingerprint density at radius 2 is 1.89 bits per heavy atom. The van der Waals surface area contributed by atoms with Crippen molar-refractivity contribution in [1.82, 2.24) is 0 Å². The van der Waals surface area contributed by atoms with E-state index >= 15 is 0 Å². The summed E-state index contributed by atoms with van der Waals surface area (Å²) in [6.07, 6.45) is -7.28.